The third-order valence-electron chi connectivity index (χ3n) is 2.61. The van der Waals surface area contributed by atoms with Gasteiger partial charge in [0, 0.05) is 31.2 Å². The van der Waals surface area contributed by atoms with Gasteiger partial charge in [-0.1, -0.05) is 6.07 Å². The van der Waals surface area contributed by atoms with Gasteiger partial charge in [-0.15, -0.1) is 10.2 Å². The first-order valence-corrected chi connectivity index (χ1v) is 6.55. The van der Waals surface area contributed by atoms with Crippen LogP contribution in [0.15, 0.2) is 59.1 Å². The Hall–Kier alpha value is -2.21. The summed E-state index contributed by atoms with van der Waals surface area (Å²) in [4.78, 5) is 8.27. The quantitative estimate of drug-likeness (QED) is 0.731. The van der Waals surface area contributed by atoms with Crippen LogP contribution in [0, 0.1) is 0 Å². The molecule has 0 bridgehead atoms. The molecule has 0 saturated carbocycles. The van der Waals surface area contributed by atoms with Crippen LogP contribution in [-0.2, 0) is 7.05 Å². The Morgan fingerprint density at radius 2 is 1.84 bits per heavy atom. The molecule has 0 aliphatic carbocycles. The summed E-state index contributed by atoms with van der Waals surface area (Å²) in [6, 6.07) is 9.63. The summed E-state index contributed by atoms with van der Waals surface area (Å²) in [5.74, 6) is 0.820. The van der Waals surface area contributed by atoms with Crippen molar-refractivity contribution < 1.29 is 0 Å². The number of nitrogens with zero attached hydrogens (tertiary/aromatic N) is 5. The maximum atomic E-state index is 4.27. The van der Waals surface area contributed by atoms with Gasteiger partial charge in [-0.2, -0.15) is 0 Å². The monoisotopic (exact) mass is 269 g/mol. The molecule has 0 radical (unpaired) electrons. The summed E-state index contributed by atoms with van der Waals surface area (Å²) < 4.78 is 1.95. The van der Waals surface area contributed by atoms with E-state index in [-0.39, 0.29) is 0 Å². The number of rotatable bonds is 3. The molecule has 3 aromatic heterocycles. The Bertz CT molecular complexity index is 666. The van der Waals surface area contributed by atoms with Gasteiger partial charge in [0.15, 0.2) is 11.0 Å². The molecule has 3 heterocycles. The van der Waals surface area contributed by atoms with Crippen molar-refractivity contribution in [3.8, 4) is 11.4 Å². The summed E-state index contributed by atoms with van der Waals surface area (Å²) in [5, 5.41) is 10.1. The Balaban J connectivity index is 1.92. The first-order chi connectivity index (χ1) is 9.34. The van der Waals surface area contributed by atoms with Gasteiger partial charge in [-0.25, -0.2) is 4.98 Å². The largest absolute Gasteiger partial charge is 0.305 e. The molecule has 19 heavy (non-hydrogen) atoms. The van der Waals surface area contributed by atoms with E-state index in [0.29, 0.717) is 0 Å². The third kappa shape index (κ3) is 2.48. The Morgan fingerprint density at radius 3 is 2.58 bits per heavy atom. The first kappa shape index (κ1) is 11.9. The second-order valence-corrected chi connectivity index (χ2v) is 4.86. The van der Waals surface area contributed by atoms with Crippen molar-refractivity contribution in [1.82, 2.24) is 24.7 Å². The maximum Gasteiger partial charge on any atom is 0.197 e. The zero-order valence-electron chi connectivity index (χ0n) is 10.3. The Labute approximate surface area is 114 Å². The Morgan fingerprint density at radius 1 is 1.00 bits per heavy atom. The highest BCUT2D eigenvalue weighted by molar-refractivity contribution is 7.99. The number of aromatic nitrogens is 5. The molecule has 0 aliphatic rings. The van der Waals surface area contributed by atoms with Crippen molar-refractivity contribution in [2.45, 2.75) is 10.2 Å². The lowest BCUT2D eigenvalue weighted by atomic mass is 10.2. The second kappa shape index (κ2) is 5.19. The van der Waals surface area contributed by atoms with Crippen LogP contribution in [0.1, 0.15) is 0 Å². The van der Waals surface area contributed by atoms with Gasteiger partial charge in [0.2, 0.25) is 0 Å². The van der Waals surface area contributed by atoms with Crippen LogP contribution < -0.4 is 0 Å². The van der Waals surface area contributed by atoms with E-state index in [1.54, 1.807) is 18.6 Å². The van der Waals surface area contributed by atoms with E-state index in [1.807, 2.05) is 41.9 Å². The van der Waals surface area contributed by atoms with Crippen LogP contribution in [0.25, 0.3) is 11.4 Å². The lowest BCUT2D eigenvalue weighted by Crippen LogP contribution is -1.94. The van der Waals surface area contributed by atoms with Crippen molar-refractivity contribution in [1.29, 1.82) is 0 Å². The van der Waals surface area contributed by atoms with E-state index in [2.05, 4.69) is 20.2 Å². The van der Waals surface area contributed by atoms with E-state index in [4.69, 9.17) is 0 Å². The average Bonchev–Trinajstić information content (AvgIpc) is 2.82. The zero-order valence-corrected chi connectivity index (χ0v) is 11.1. The SMILES string of the molecule is Cn1c(Sc2ccccn2)nnc1-c1ccncc1. The fourth-order valence-corrected chi connectivity index (χ4v) is 2.41. The fraction of sp³-hybridized carbons (Fsp3) is 0.0769. The molecule has 3 rings (SSSR count). The first-order valence-electron chi connectivity index (χ1n) is 5.73. The van der Waals surface area contributed by atoms with Crippen LogP contribution in [0.4, 0.5) is 0 Å². The van der Waals surface area contributed by atoms with Crippen molar-refractivity contribution in [2.24, 2.45) is 7.05 Å². The van der Waals surface area contributed by atoms with Gasteiger partial charge in [-0.3, -0.25) is 4.98 Å². The van der Waals surface area contributed by atoms with Crippen molar-refractivity contribution in [2.75, 3.05) is 0 Å². The van der Waals surface area contributed by atoms with Crippen LogP contribution in [0.3, 0.4) is 0 Å². The number of pyridine rings is 2. The molecule has 0 amide bonds. The molecule has 3 aromatic rings. The topological polar surface area (TPSA) is 56.5 Å². The van der Waals surface area contributed by atoms with Crippen molar-refractivity contribution >= 4 is 11.8 Å². The molecule has 0 N–H and O–H groups in total. The van der Waals surface area contributed by atoms with Crippen LogP contribution in [-0.4, -0.2) is 24.7 Å². The van der Waals surface area contributed by atoms with Gasteiger partial charge in [-0.05, 0) is 36.0 Å². The minimum atomic E-state index is 0.811. The highest BCUT2D eigenvalue weighted by atomic mass is 32.2. The molecular weight excluding hydrogens is 258 g/mol. The van der Waals surface area contributed by atoms with E-state index in [9.17, 15) is 0 Å². The van der Waals surface area contributed by atoms with E-state index in [1.165, 1.54) is 11.8 Å². The van der Waals surface area contributed by atoms with Crippen LogP contribution in [0.5, 0.6) is 0 Å². The fourth-order valence-electron chi connectivity index (χ4n) is 1.66. The lowest BCUT2D eigenvalue weighted by molar-refractivity contribution is 0.792. The molecule has 94 valence electrons. The van der Waals surface area contributed by atoms with Crippen molar-refractivity contribution in [3.63, 3.8) is 0 Å². The molecule has 6 heteroatoms. The molecule has 0 atom stereocenters. The van der Waals surface area contributed by atoms with Gasteiger partial charge >= 0.3 is 0 Å². The van der Waals surface area contributed by atoms with Crippen LogP contribution in [0.2, 0.25) is 0 Å². The average molecular weight is 269 g/mol. The molecule has 0 aromatic carbocycles. The third-order valence-corrected chi connectivity index (χ3v) is 3.60. The second-order valence-electron chi connectivity index (χ2n) is 3.87. The molecule has 0 spiro atoms. The number of hydrogen-bond acceptors (Lipinski definition) is 5. The summed E-state index contributed by atoms with van der Waals surface area (Å²) >= 11 is 1.49. The summed E-state index contributed by atoms with van der Waals surface area (Å²) in [5.41, 5.74) is 0.998. The van der Waals surface area contributed by atoms with Gasteiger partial charge in [0.25, 0.3) is 0 Å². The minimum absolute atomic E-state index is 0.811. The molecule has 0 unspecified atom stereocenters. The van der Waals surface area contributed by atoms with E-state index < -0.39 is 0 Å². The van der Waals surface area contributed by atoms with Gasteiger partial charge in [0.1, 0.15) is 5.03 Å². The standard InChI is InChI=1S/C13H11N5S/c1-18-12(10-5-8-14-9-6-10)16-17-13(18)19-11-4-2-3-7-15-11/h2-9H,1H3. The van der Waals surface area contributed by atoms with Crippen LogP contribution >= 0.6 is 11.8 Å². The smallest absolute Gasteiger partial charge is 0.197 e. The molecular formula is C13H11N5S. The molecule has 0 aliphatic heterocycles. The van der Waals surface area contributed by atoms with E-state index in [0.717, 1.165) is 21.6 Å². The summed E-state index contributed by atoms with van der Waals surface area (Å²) in [6.45, 7) is 0. The highest BCUT2D eigenvalue weighted by Gasteiger charge is 2.11. The minimum Gasteiger partial charge on any atom is -0.305 e. The molecule has 5 nitrogen and oxygen atoms in total. The lowest BCUT2D eigenvalue weighted by Gasteiger charge is -2.02. The molecule has 0 saturated heterocycles. The van der Waals surface area contributed by atoms with Gasteiger partial charge in [0.05, 0.1) is 0 Å². The van der Waals surface area contributed by atoms with E-state index >= 15 is 0 Å². The van der Waals surface area contributed by atoms with Gasteiger partial charge < -0.3 is 4.57 Å². The highest BCUT2D eigenvalue weighted by Crippen LogP contribution is 2.26. The summed E-state index contributed by atoms with van der Waals surface area (Å²) in [7, 11) is 1.95. The molecule has 0 fully saturated rings. The predicted molar refractivity (Wildman–Crippen MR) is 72.6 cm³/mol. The number of hydrogen-bond donors (Lipinski definition) is 0. The maximum absolute atomic E-state index is 4.27. The zero-order chi connectivity index (χ0) is 13.1. The predicted octanol–water partition coefficient (Wildman–Crippen LogP) is 2.42. The van der Waals surface area contributed by atoms with Crippen molar-refractivity contribution in [3.05, 3.63) is 48.9 Å². The normalized spacial score (nSPS) is 10.6. The summed E-state index contributed by atoms with van der Waals surface area (Å²) in [6.07, 6.45) is 5.26. The Kier molecular flexibility index (Phi) is 3.24.